The van der Waals surface area contributed by atoms with E-state index in [1.807, 2.05) is 78.9 Å². The monoisotopic (exact) mass is 612 g/mol. The van der Waals surface area contributed by atoms with Crippen molar-refractivity contribution in [3.63, 3.8) is 0 Å². The Bertz CT molecular complexity index is 1560. The Labute approximate surface area is 261 Å². The fourth-order valence-electron chi connectivity index (χ4n) is 5.09. The minimum absolute atomic E-state index is 0.00641. The predicted molar refractivity (Wildman–Crippen MR) is 169 cm³/mol. The molecule has 1 aromatic heterocycles. The van der Waals surface area contributed by atoms with E-state index >= 15 is 0 Å². The molecule has 0 spiro atoms. The van der Waals surface area contributed by atoms with Crippen LogP contribution < -0.4 is 10.0 Å². The molecule has 5 rings (SSSR count). The fraction of sp³-hybridized carbons (Fsp3) is 0.257. The molecule has 0 aliphatic carbocycles. The van der Waals surface area contributed by atoms with Gasteiger partial charge in [-0.1, -0.05) is 92.0 Å². The summed E-state index contributed by atoms with van der Waals surface area (Å²) in [6, 6.07) is 29.2. The number of aliphatic hydroxyl groups is 1. The van der Waals surface area contributed by atoms with Gasteiger partial charge in [0.25, 0.3) is 5.03 Å². The quantitative estimate of drug-likeness (QED) is 0.0865. The number of ether oxygens (including phenoxy) is 3. The van der Waals surface area contributed by atoms with E-state index in [1.54, 1.807) is 6.07 Å². The maximum Gasteiger partial charge on any atom is 0.407 e. The summed E-state index contributed by atoms with van der Waals surface area (Å²) in [5.41, 5.74) is 5.61. The molecule has 2 N–H and O–H groups in total. The number of hydrogen-bond acceptors (Lipinski definition) is 7. The lowest BCUT2D eigenvalue weighted by atomic mass is 9.91. The van der Waals surface area contributed by atoms with E-state index < -0.39 is 12.4 Å². The van der Waals surface area contributed by atoms with Gasteiger partial charge in [-0.05, 0) is 46.0 Å². The first-order valence-corrected chi connectivity index (χ1v) is 15.5. The van der Waals surface area contributed by atoms with Gasteiger partial charge in [-0.3, -0.25) is 0 Å². The van der Waals surface area contributed by atoms with Gasteiger partial charge in [0.05, 0.1) is 18.8 Å². The van der Waals surface area contributed by atoms with Gasteiger partial charge in [-0.15, -0.1) is 0 Å². The maximum atomic E-state index is 12.3. The highest BCUT2D eigenvalue weighted by Crippen LogP contribution is 2.43. The second-order valence-electron chi connectivity index (χ2n) is 10.6. The predicted octanol–water partition coefficient (Wildman–Crippen LogP) is 6.48. The SMILES string of the molecule is C=CCOC(=O)NCc1cccc(-c2cccc([C@H]3O[C@@H](CSc4cccc[n+]4[O-])[C@@H](C)[C@@H](c4ccc(CO)cc4)O3)c2)c1. The number of benzene rings is 3. The first kappa shape index (κ1) is 31.3. The average molecular weight is 613 g/mol. The number of aromatic nitrogens is 1. The zero-order chi connectivity index (χ0) is 30.9. The standard InChI is InChI=1S/C35H36N2O6S/c1-3-18-41-35(39)36-21-26-8-6-9-28(19-26)29-10-7-11-30(20-29)34-42-31(23-44-32-12-4-5-17-37(32)40)24(2)33(43-34)27-15-13-25(22-38)14-16-27/h3-17,19-20,24,31,33-34,38H,1,18,21-23H2,2H3,(H,36,39)/t24-,31+,33+,34+/m1/s1. The van der Waals surface area contributed by atoms with Gasteiger partial charge in [0.15, 0.2) is 12.5 Å². The van der Waals surface area contributed by atoms with Gasteiger partial charge in [0.1, 0.15) is 6.61 Å². The highest BCUT2D eigenvalue weighted by Gasteiger charge is 2.38. The van der Waals surface area contributed by atoms with E-state index in [9.17, 15) is 15.1 Å². The fourth-order valence-corrected chi connectivity index (χ4v) is 6.17. The van der Waals surface area contributed by atoms with Crippen molar-refractivity contribution in [1.29, 1.82) is 0 Å². The van der Waals surface area contributed by atoms with E-state index in [0.717, 1.165) is 38.1 Å². The zero-order valence-electron chi connectivity index (χ0n) is 24.5. The van der Waals surface area contributed by atoms with Crippen LogP contribution in [0.4, 0.5) is 4.79 Å². The van der Waals surface area contributed by atoms with Crippen LogP contribution in [0.2, 0.25) is 0 Å². The summed E-state index contributed by atoms with van der Waals surface area (Å²) in [5.74, 6) is 0.565. The van der Waals surface area contributed by atoms with Crippen LogP contribution in [0.15, 0.2) is 115 Å². The zero-order valence-corrected chi connectivity index (χ0v) is 25.3. The third-order valence-corrected chi connectivity index (χ3v) is 8.60. The number of aliphatic hydroxyl groups excluding tert-OH is 1. The van der Waals surface area contributed by atoms with Crippen LogP contribution in [0.25, 0.3) is 11.1 Å². The summed E-state index contributed by atoms with van der Waals surface area (Å²) in [6.45, 7) is 6.11. The molecule has 4 aromatic rings. The number of amides is 1. The molecule has 0 radical (unpaired) electrons. The summed E-state index contributed by atoms with van der Waals surface area (Å²) in [5, 5.41) is 25.2. The minimum Gasteiger partial charge on any atom is -0.618 e. The molecule has 3 aromatic carbocycles. The number of alkyl carbamates (subject to hydrolysis) is 1. The number of pyridine rings is 1. The third kappa shape index (κ3) is 7.86. The number of carbonyl (C=O) groups excluding carboxylic acids is 1. The van der Waals surface area contributed by atoms with Crippen molar-refractivity contribution in [3.05, 3.63) is 137 Å². The van der Waals surface area contributed by atoms with Crippen LogP contribution in [0, 0.1) is 11.1 Å². The van der Waals surface area contributed by atoms with Crippen molar-refractivity contribution in [2.75, 3.05) is 12.4 Å². The molecule has 0 saturated carbocycles. The molecular weight excluding hydrogens is 576 g/mol. The van der Waals surface area contributed by atoms with Crippen molar-refractivity contribution in [1.82, 2.24) is 5.32 Å². The summed E-state index contributed by atoms with van der Waals surface area (Å²) in [6.07, 6.45) is 1.41. The first-order chi connectivity index (χ1) is 21.4. The molecular formula is C35H36N2O6S. The number of rotatable bonds is 11. The van der Waals surface area contributed by atoms with E-state index in [2.05, 4.69) is 24.9 Å². The molecule has 2 heterocycles. The molecule has 1 aliphatic rings. The Kier molecular flexibility index (Phi) is 10.7. The number of carbonyl (C=O) groups is 1. The lowest BCUT2D eigenvalue weighted by Crippen LogP contribution is -2.39. The average Bonchev–Trinajstić information content (AvgIpc) is 3.07. The lowest BCUT2D eigenvalue weighted by molar-refractivity contribution is -0.645. The third-order valence-electron chi connectivity index (χ3n) is 7.50. The topological polar surface area (TPSA) is 104 Å². The minimum atomic E-state index is -0.640. The molecule has 9 heteroatoms. The molecule has 1 fully saturated rings. The van der Waals surface area contributed by atoms with Crippen LogP contribution in [-0.2, 0) is 27.4 Å². The van der Waals surface area contributed by atoms with E-state index in [-0.39, 0.29) is 31.3 Å². The number of nitrogens with one attached hydrogen (secondary N) is 1. The summed E-state index contributed by atoms with van der Waals surface area (Å²) >= 11 is 1.46. The smallest absolute Gasteiger partial charge is 0.407 e. The van der Waals surface area contributed by atoms with Crippen molar-refractivity contribution in [2.24, 2.45) is 5.92 Å². The Hall–Kier alpha value is -4.15. The van der Waals surface area contributed by atoms with E-state index in [4.69, 9.17) is 14.2 Å². The molecule has 8 nitrogen and oxygen atoms in total. The Morgan fingerprint density at radius 3 is 2.52 bits per heavy atom. The Morgan fingerprint density at radius 2 is 1.77 bits per heavy atom. The van der Waals surface area contributed by atoms with Crippen molar-refractivity contribution >= 4 is 17.9 Å². The molecule has 1 saturated heterocycles. The van der Waals surface area contributed by atoms with Crippen molar-refractivity contribution in [2.45, 2.75) is 43.6 Å². The number of thioether (sulfide) groups is 1. The molecule has 0 unspecified atom stereocenters. The van der Waals surface area contributed by atoms with Crippen LogP contribution in [0.5, 0.6) is 0 Å². The van der Waals surface area contributed by atoms with Gasteiger partial charge in [-0.2, -0.15) is 4.73 Å². The molecule has 44 heavy (non-hydrogen) atoms. The molecule has 4 atom stereocenters. The summed E-state index contributed by atoms with van der Waals surface area (Å²) in [7, 11) is 0. The normalized spacial score (nSPS) is 19.7. The lowest BCUT2D eigenvalue weighted by Gasteiger charge is -2.41. The summed E-state index contributed by atoms with van der Waals surface area (Å²) < 4.78 is 19.1. The summed E-state index contributed by atoms with van der Waals surface area (Å²) in [4.78, 5) is 11.9. The van der Waals surface area contributed by atoms with Gasteiger partial charge in [0.2, 0.25) is 0 Å². The highest BCUT2D eigenvalue weighted by molar-refractivity contribution is 7.99. The van der Waals surface area contributed by atoms with Crippen LogP contribution >= 0.6 is 11.8 Å². The second kappa shape index (κ2) is 15.0. The Balaban J connectivity index is 1.38. The van der Waals surface area contributed by atoms with Crippen molar-refractivity contribution in [3.8, 4) is 11.1 Å². The maximum absolute atomic E-state index is 12.3. The van der Waals surface area contributed by atoms with Gasteiger partial charge >= 0.3 is 6.09 Å². The molecule has 1 aliphatic heterocycles. The Morgan fingerprint density at radius 1 is 1.00 bits per heavy atom. The first-order valence-electron chi connectivity index (χ1n) is 14.5. The van der Waals surface area contributed by atoms with Crippen molar-refractivity contribution < 1.29 is 28.8 Å². The molecule has 1 amide bonds. The molecule has 228 valence electrons. The number of hydrogen-bond donors (Lipinski definition) is 2. The molecule has 0 bridgehead atoms. The van der Waals surface area contributed by atoms with E-state index in [0.29, 0.717) is 17.3 Å². The van der Waals surface area contributed by atoms with Gasteiger partial charge < -0.3 is 29.8 Å². The van der Waals surface area contributed by atoms with Gasteiger partial charge in [0, 0.05) is 35.9 Å². The van der Waals surface area contributed by atoms with Crippen LogP contribution in [0.3, 0.4) is 0 Å². The van der Waals surface area contributed by atoms with Gasteiger partial charge in [-0.25, -0.2) is 4.79 Å². The highest BCUT2D eigenvalue weighted by atomic mass is 32.2. The van der Waals surface area contributed by atoms with Crippen LogP contribution in [-0.4, -0.2) is 29.7 Å². The van der Waals surface area contributed by atoms with Crippen LogP contribution in [0.1, 0.15) is 41.6 Å². The second-order valence-corrected chi connectivity index (χ2v) is 11.6. The largest absolute Gasteiger partial charge is 0.618 e. The number of nitrogens with zero attached hydrogens (tertiary/aromatic N) is 1. The van der Waals surface area contributed by atoms with E-state index in [1.165, 1.54) is 24.0 Å².